The first kappa shape index (κ1) is 13.3. The number of nitrogens with zero attached hydrogens (tertiary/aromatic N) is 3. The van der Waals surface area contributed by atoms with E-state index in [1.54, 1.807) is 12.4 Å². The van der Waals surface area contributed by atoms with E-state index in [1.807, 2.05) is 10.6 Å². The molecule has 0 unspecified atom stereocenters. The fourth-order valence-electron chi connectivity index (χ4n) is 1.73. The zero-order chi connectivity index (χ0) is 13.2. The van der Waals surface area contributed by atoms with E-state index >= 15 is 0 Å². The molecule has 98 valence electrons. The van der Waals surface area contributed by atoms with Gasteiger partial charge < -0.3 is 4.57 Å². The third-order valence-corrected chi connectivity index (χ3v) is 3.42. The molecule has 0 spiro atoms. The maximum atomic E-state index is 11.0. The zero-order valence-corrected chi connectivity index (χ0v) is 11.4. The smallest absolute Gasteiger partial charge is 0.208 e. The van der Waals surface area contributed by atoms with Gasteiger partial charge in [0, 0.05) is 19.3 Å². The number of hydrogen-bond donors (Lipinski definition) is 1. The van der Waals surface area contributed by atoms with E-state index in [0.29, 0.717) is 18.9 Å². The summed E-state index contributed by atoms with van der Waals surface area (Å²) in [5, 5.41) is 0. The second kappa shape index (κ2) is 5.21. The Morgan fingerprint density at radius 3 is 2.94 bits per heavy atom. The summed E-state index contributed by atoms with van der Waals surface area (Å²) in [5.41, 5.74) is 1.66. The molecule has 2 rings (SSSR count). The molecule has 0 bridgehead atoms. The van der Waals surface area contributed by atoms with Gasteiger partial charge in [-0.25, -0.2) is 18.1 Å². The number of hydrogen-bond acceptors (Lipinski definition) is 4. The summed E-state index contributed by atoms with van der Waals surface area (Å²) in [6.07, 6.45) is 4.46. The van der Waals surface area contributed by atoms with Crippen molar-refractivity contribution in [2.45, 2.75) is 12.4 Å². The van der Waals surface area contributed by atoms with Gasteiger partial charge in [-0.15, -0.1) is 11.6 Å². The monoisotopic (exact) mass is 288 g/mol. The molecule has 0 saturated heterocycles. The average molecular weight is 289 g/mol. The quantitative estimate of drug-likeness (QED) is 0.823. The number of halogens is 1. The largest absolute Gasteiger partial charge is 0.326 e. The van der Waals surface area contributed by atoms with Gasteiger partial charge in [0.1, 0.15) is 11.3 Å². The summed E-state index contributed by atoms with van der Waals surface area (Å²) in [4.78, 5) is 8.33. The van der Waals surface area contributed by atoms with Crippen molar-refractivity contribution in [2.75, 3.05) is 12.8 Å². The van der Waals surface area contributed by atoms with Gasteiger partial charge in [0.2, 0.25) is 10.0 Å². The van der Waals surface area contributed by atoms with Gasteiger partial charge in [0.15, 0.2) is 0 Å². The molecule has 0 radical (unpaired) electrons. The maximum Gasteiger partial charge on any atom is 0.208 e. The molecule has 1 N–H and O–H groups in total. The van der Waals surface area contributed by atoms with E-state index in [0.717, 1.165) is 17.3 Å². The number of fused-ring (bicyclic) bond motifs is 1. The highest BCUT2D eigenvalue weighted by Gasteiger charge is 2.10. The van der Waals surface area contributed by atoms with E-state index in [1.165, 1.54) is 0 Å². The highest BCUT2D eigenvalue weighted by atomic mass is 35.5. The van der Waals surface area contributed by atoms with E-state index in [2.05, 4.69) is 14.7 Å². The van der Waals surface area contributed by atoms with Gasteiger partial charge in [0.05, 0.1) is 23.8 Å². The van der Waals surface area contributed by atoms with Crippen LogP contribution in [0, 0.1) is 0 Å². The summed E-state index contributed by atoms with van der Waals surface area (Å²) in [6.45, 7) is 0.784. The van der Waals surface area contributed by atoms with Crippen LogP contribution in [0.3, 0.4) is 0 Å². The fourth-order valence-corrected chi connectivity index (χ4v) is 2.39. The van der Waals surface area contributed by atoms with Crippen LogP contribution >= 0.6 is 11.6 Å². The van der Waals surface area contributed by atoms with Crippen LogP contribution < -0.4 is 4.72 Å². The lowest BCUT2D eigenvalue weighted by atomic mass is 10.4. The van der Waals surface area contributed by atoms with Crippen molar-refractivity contribution >= 4 is 32.7 Å². The number of pyridine rings is 1. The predicted molar refractivity (Wildman–Crippen MR) is 69.9 cm³/mol. The summed E-state index contributed by atoms with van der Waals surface area (Å²) in [6, 6.07) is 1.83. The third kappa shape index (κ3) is 2.98. The Hall–Kier alpha value is -1.18. The molecule has 2 aromatic rings. The van der Waals surface area contributed by atoms with Gasteiger partial charge in [0.25, 0.3) is 0 Å². The average Bonchev–Trinajstić information content (AvgIpc) is 2.66. The van der Waals surface area contributed by atoms with Crippen LogP contribution in [0.15, 0.2) is 18.5 Å². The van der Waals surface area contributed by atoms with Gasteiger partial charge in [-0.3, -0.25) is 4.98 Å². The molecular weight excluding hydrogens is 276 g/mol. The summed E-state index contributed by atoms with van der Waals surface area (Å²) < 4.78 is 26.3. The van der Waals surface area contributed by atoms with Crippen LogP contribution in [0.4, 0.5) is 0 Å². The van der Waals surface area contributed by atoms with Gasteiger partial charge in [-0.2, -0.15) is 0 Å². The molecule has 8 heteroatoms. The van der Waals surface area contributed by atoms with Gasteiger partial charge in [-0.05, 0) is 6.07 Å². The van der Waals surface area contributed by atoms with Gasteiger partial charge >= 0.3 is 0 Å². The van der Waals surface area contributed by atoms with Crippen LogP contribution in [0.1, 0.15) is 5.82 Å². The summed E-state index contributed by atoms with van der Waals surface area (Å²) in [5.74, 6) is 0.975. The Morgan fingerprint density at radius 2 is 2.28 bits per heavy atom. The van der Waals surface area contributed by atoms with Crippen LogP contribution in [-0.2, 0) is 22.4 Å². The van der Waals surface area contributed by atoms with E-state index in [9.17, 15) is 8.42 Å². The van der Waals surface area contributed by atoms with Crippen molar-refractivity contribution in [3.8, 4) is 0 Å². The molecule has 2 aromatic heterocycles. The first-order valence-electron chi connectivity index (χ1n) is 5.31. The van der Waals surface area contributed by atoms with Crippen LogP contribution in [0.25, 0.3) is 11.0 Å². The van der Waals surface area contributed by atoms with E-state index in [-0.39, 0.29) is 5.88 Å². The molecule has 0 aliphatic heterocycles. The number of sulfonamides is 1. The molecular formula is C10H13ClN4O2S. The topological polar surface area (TPSA) is 76.9 Å². The molecule has 0 amide bonds. The Labute approximate surface area is 110 Å². The lowest BCUT2D eigenvalue weighted by Gasteiger charge is -2.07. The Morgan fingerprint density at radius 1 is 1.50 bits per heavy atom. The minimum absolute atomic E-state index is 0.271. The predicted octanol–water partition coefficient (Wildman–Crippen LogP) is 0.719. The second-order valence-corrected chi connectivity index (χ2v) is 5.94. The number of aromatic nitrogens is 3. The SMILES string of the molecule is CS(=O)(=O)NCCn1c(CCl)nc2cnccc21. The van der Waals surface area contributed by atoms with E-state index in [4.69, 9.17) is 11.6 Å². The second-order valence-electron chi connectivity index (χ2n) is 3.84. The number of alkyl halides is 1. The lowest BCUT2D eigenvalue weighted by molar-refractivity contribution is 0.578. The van der Waals surface area contributed by atoms with Crippen molar-refractivity contribution in [2.24, 2.45) is 0 Å². The molecule has 0 aromatic carbocycles. The van der Waals surface area contributed by atoms with E-state index < -0.39 is 10.0 Å². The fraction of sp³-hybridized carbons (Fsp3) is 0.400. The molecule has 18 heavy (non-hydrogen) atoms. The summed E-state index contributed by atoms with van der Waals surface area (Å²) in [7, 11) is -3.18. The van der Waals surface area contributed by atoms with Gasteiger partial charge in [-0.1, -0.05) is 0 Å². The Balaban J connectivity index is 2.25. The Bertz CT molecular complexity index is 653. The van der Waals surface area contributed by atoms with Crippen molar-refractivity contribution < 1.29 is 8.42 Å². The minimum Gasteiger partial charge on any atom is -0.326 e. The van der Waals surface area contributed by atoms with Crippen molar-refractivity contribution in [3.63, 3.8) is 0 Å². The molecule has 0 saturated carbocycles. The number of rotatable bonds is 5. The molecule has 0 aliphatic carbocycles. The third-order valence-electron chi connectivity index (χ3n) is 2.45. The van der Waals surface area contributed by atoms with Crippen LogP contribution in [0.2, 0.25) is 0 Å². The molecule has 0 atom stereocenters. The first-order chi connectivity index (χ1) is 8.51. The molecule has 0 fully saturated rings. The zero-order valence-electron chi connectivity index (χ0n) is 9.80. The Kier molecular flexibility index (Phi) is 3.84. The highest BCUT2D eigenvalue weighted by Crippen LogP contribution is 2.15. The molecule has 6 nitrogen and oxygen atoms in total. The standard InChI is InChI=1S/C10H13ClN4O2S/c1-18(16,17)13-4-5-15-9-2-3-12-7-8(9)14-10(15)6-11/h2-3,7,13H,4-6H2,1H3. The first-order valence-corrected chi connectivity index (χ1v) is 7.73. The summed E-state index contributed by atoms with van der Waals surface area (Å²) >= 11 is 5.83. The van der Waals surface area contributed by atoms with Crippen molar-refractivity contribution in [3.05, 3.63) is 24.3 Å². The maximum absolute atomic E-state index is 11.0. The van der Waals surface area contributed by atoms with Crippen LogP contribution in [-0.4, -0.2) is 35.8 Å². The van der Waals surface area contributed by atoms with Crippen molar-refractivity contribution in [1.82, 2.24) is 19.3 Å². The van der Waals surface area contributed by atoms with Crippen LogP contribution in [0.5, 0.6) is 0 Å². The minimum atomic E-state index is -3.18. The highest BCUT2D eigenvalue weighted by molar-refractivity contribution is 7.88. The number of imidazole rings is 1. The lowest BCUT2D eigenvalue weighted by Crippen LogP contribution is -2.26. The normalized spacial score (nSPS) is 12.1. The van der Waals surface area contributed by atoms with Crippen molar-refractivity contribution in [1.29, 1.82) is 0 Å². The number of nitrogens with one attached hydrogen (secondary N) is 1. The molecule has 0 aliphatic rings. The molecule has 2 heterocycles.